The average molecular weight is 289 g/mol. The first-order valence-corrected chi connectivity index (χ1v) is 7.28. The molecule has 0 aliphatic carbocycles. The molecule has 0 atom stereocenters. The molecule has 1 heterocycles. The van der Waals surface area contributed by atoms with Crippen LogP contribution in [-0.2, 0) is 4.74 Å². The number of nitrogens with two attached hydrogens (primary N) is 1. The van der Waals surface area contributed by atoms with E-state index in [4.69, 9.17) is 10.5 Å². The summed E-state index contributed by atoms with van der Waals surface area (Å²) >= 11 is 0. The molecule has 1 aromatic heterocycles. The monoisotopic (exact) mass is 289 g/mol. The highest BCUT2D eigenvalue weighted by Gasteiger charge is 2.05. The van der Waals surface area contributed by atoms with Gasteiger partial charge in [-0.25, -0.2) is 0 Å². The Labute approximate surface area is 126 Å². The van der Waals surface area contributed by atoms with E-state index in [-0.39, 0.29) is 12.5 Å². The van der Waals surface area contributed by atoms with Gasteiger partial charge in [0.15, 0.2) is 0 Å². The first kappa shape index (κ1) is 17.2. The highest BCUT2D eigenvalue weighted by Crippen LogP contribution is 2.01. The van der Waals surface area contributed by atoms with Crippen molar-refractivity contribution in [2.45, 2.75) is 26.2 Å². The summed E-state index contributed by atoms with van der Waals surface area (Å²) in [7, 11) is 0. The normalized spacial score (nSPS) is 9.81. The second-order valence-corrected chi connectivity index (χ2v) is 4.54. The molecule has 1 aromatic rings. The Balaban J connectivity index is 2.32. The largest absolute Gasteiger partial charge is 0.381 e. The third kappa shape index (κ3) is 7.45. The molecule has 0 aliphatic rings. The van der Waals surface area contributed by atoms with Gasteiger partial charge in [0.25, 0.3) is 5.91 Å². The number of pyridine rings is 1. The van der Waals surface area contributed by atoms with Crippen LogP contribution in [-0.4, -0.2) is 37.2 Å². The van der Waals surface area contributed by atoms with Gasteiger partial charge in [-0.05, 0) is 18.9 Å². The summed E-state index contributed by atoms with van der Waals surface area (Å²) in [4.78, 5) is 15.9. The van der Waals surface area contributed by atoms with E-state index in [0.29, 0.717) is 24.3 Å². The van der Waals surface area contributed by atoms with Crippen LogP contribution in [0.1, 0.15) is 42.1 Å². The van der Waals surface area contributed by atoms with Crippen LogP contribution < -0.4 is 11.1 Å². The quantitative estimate of drug-likeness (QED) is 0.559. The number of hydrogen-bond acceptors (Lipinski definition) is 4. The Morgan fingerprint density at radius 3 is 2.95 bits per heavy atom. The lowest BCUT2D eigenvalue weighted by molar-refractivity contribution is 0.0940. The molecule has 0 saturated carbocycles. The minimum atomic E-state index is -0.146. The number of ether oxygens (including phenoxy) is 1. The predicted molar refractivity (Wildman–Crippen MR) is 82.8 cm³/mol. The van der Waals surface area contributed by atoms with Crippen molar-refractivity contribution in [3.05, 3.63) is 29.6 Å². The molecule has 0 fully saturated rings. The van der Waals surface area contributed by atoms with Crippen LogP contribution in [0.4, 0.5) is 0 Å². The lowest BCUT2D eigenvalue weighted by Gasteiger charge is -2.06. The average Bonchev–Trinajstić information content (AvgIpc) is 2.52. The van der Waals surface area contributed by atoms with Gasteiger partial charge in [0.2, 0.25) is 0 Å². The fourth-order valence-corrected chi connectivity index (χ4v) is 1.61. The second kappa shape index (κ2) is 10.8. The molecule has 0 aromatic carbocycles. The maximum Gasteiger partial charge on any atom is 0.252 e. The van der Waals surface area contributed by atoms with Crippen LogP contribution >= 0.6 is 0 Å². The van der Waals surface area contributed by atoms with E-state index >= 15 is 0 Å². The van der Waals surface area contributed by atoms with Crippen molar-refractivity contribution >= 4 is 5.91 Å². The third-order valence-corrected chi connectivity index (χ3v) is 2.73. The Bertz CT molecular complexity index is 492. The summed E-state index contributed by atoms with van der Waals surface area (Å²) in [6.45, 7) is 4.46. The molecule has 0 radical (unpaired) electrons. The number of carbonyl (C=O) groups excluding carboxylic acids is 1. The molecule has 1 rings (SSSR count). The summed E-state index contributed by atoms with van der Waals surface area (Å²) in [5, 5.41) is 2.84. The molecule has 5 nitrogen and oxygen atoms in total. The van der Waals surface area contributed by atoms with E-state index in [2.05, 4.69) is 29.1 Å². The van der Waals surface area contributed by atoms with E-state index < -0.39 is 0 Å². The number of hydrogen-bond donors (Lipinski definition) is 2. The standard InChI is InChI=1S/C16H23N3O2/c1-2-3-9-21-10-5-8-19-16(20)15-11-14(6-4-7-17)12-18-13-15/h11-13H,2-3,5,7-10,17H2,1H3,(H,19,20). The van der Waals surface area contributed by atoms with E-state index in [1.54, 1.807) is 12.3 Å². The summed E-state index contributed by atoms with van der Waals surface area (Å²) in [6, 6.07) is 1.71. The molecule has 0 unspecified atom stereocenters. The minimum Gasteiger partial charge on any atom is -0.381 e. The van der Waals surface area contributed by atoms with Gasteiger partial charge in [0, 0.05) is 37.7 Å². The Morgan fingerprint density at radius 1 is 1.38 bits per heavy atom. The van der Waals surface area contributed by atoms with Gasteiger partial charge in [0.1, 0.15) is 0 Å². The van der Waals surface area contributed by atoms with Gasteiger partial charge in [0.05, 0.1) is 12.1 Å². The molecule has 0 saturated heterocycles. The molecule has 21 heavy (non-hydrogen) atoms. The molecule has 0 aliphatic heterocycles. The number of carbonyl (C=O) groups is 1. The fourth-order valence-electron chi connectivity index (χ4n) is 1.61. The van der Waals surface area contributed by atoms with Crippen molar-refractivity contribution in [3.8, 4) is 11.8 Å². The summed E-state index contributed by atoms with van der Waals surface area (Å²) < 4.78 is 5.43. The summed E-state index contributed by atoms with van der Waals surface area (Å²) in [5.74, 6) is 5.45. The van der Waals surface area contributed by atoms with Crippen LogP contribution in [0, 0.1) is 11.8 Å². The Kier molecular flexibility index (Phi) is 8.85. The predicted octanol–water partition coefficient (Wildman–Crippen LogP) is 1.33. The van der Waals surface area contributed by atoms with E-state index in [0.717, 1.165) is 25.9 Å². The zero-order valence-corrected chi connectivity index (χ0v) is 12.5. The SMILES string of the molecule is CCCCOCCCNC(=O)c1cncc(C#CCN)c1. The highest BCUT2D eigenvalue weighted by atomic mass is 16.5. The van der Waals surface area contributed by atoms with Crippen LogP contribution in [0.25, 0.3) is 0 Å². The smallest absolute Gasteiger partial charge is 0.252 e. The number of aromatic nitrogens is 1. The van der Waals surface area contributed by atoms with E-state index in [9.17, 15) is 4.79 Å². The molecule has 5 heteroatoms. The number of nitrogens with zero attached hydrogens (tertiary/aromatic N) is 1. The lowest BCUT2D eigenvalue weighted by Crippen LogP contribution is -2.25. The first-order chi connectivity index (χ1) is 10.3. The molecule has 114 valence electrons. The van der Waals surface area contributed by atoms with Gasteiger partial charge < -0.3 is 15.8 Å². The lowest BCUT2D eigenvalue weighted by atomic mass is 10.2. The third-order valence-electron chi connectivity index (χ3n) is 2.73. The number of unbranched alkanes of at least 4 members (excludes halogenated alkanes) is 1. The maximum absolute atomic E-state index is 11.9. The molecule has 0 bridgehead atoms. The summed E-state index contributed by atoms with van der Waals surface area (Å²) in [5.41, 5.74) is 6.51. The highest BCUT2D eigenvalue weighted by molar-refractivity contribution is 5.94. The zero-order chi connectivity index (χ0) is 15.3. The first-order valence-electron chi connectivity index (χ1n) is 7.28. The number of rotatable bonds is 8. The van der Waals surface area contributed by atoms with Crippen molar-refractivity contribution in [1.29, 1.82) is 0 Å². The molecule has 0 spiro atoms. The minimum absolute atomic E-state index is 0.146. The van der Waals surface area contributed by atoms with Gasteiger partial charge in [-0.15, -0.1) is 0 Å². The topological polar surface area (TPSA) is 77.2 Å². The van der Waals surface area contributed by atoms with Gasteiger partial charge in [-0.3, -0.25) is 9.78 Å². The van der Waals surface area contributed by atoms with Crippen LogP contribution in [0.15, 0.2) is 18.5 Å². The van der Waals surface area contributed by atoms with E-state index in [1.807, 2.05) is 0 Å². The Morgan fingerprint density at radius 2 is 2.19 bits per heavy atom. The van der Waals surface area contributed by atoms with Crippen LogP contribution in [0.3, 0.4) is 0 Å². The maximum atomic E-state index is 11.9. The van der Waals surface area contributed by atoms with E-state index in [1.165, 1.54) is 6.20 Å². The van der Waals surface area contributed by atoms with Gasteiger partial charge >= 0.3 is 0 Å². The van der Waals surface area contributed by atoms with Gasteiger partial charge in [-0.1, -0.05) is 25.2 Å². The van der Waals surface area contributed by atoms with Crippen molar-refractivity contribution in [2.75, 3.05) is 26.3 Å². The summed E-state index contributed by atoms with van der Waals surface area (Å²) in [6.07, 6.45) is 6.15. The van der Waals surface area contributed by atoms with Crippen molar-refractivity contribution in [2.24, 2.45) is 5.73 Å². The van der Waals surface area contributed by atoms with Crippen molar-refractivity contribution in [1.82, 2.24) is 10.3 Å². The zero-order valence-electron chi connectivity index (χ0n) is 12.5. The van der Waals surface area contributed by atoms with Crippen LogP contribution in [0.2, 0.25) is 0 Å². The second-order valence-electron chi connectivity index (χ2n) is 4.54. The van der Waals surface area contributed by atoms with Crippen molar-refractivity contribution < 1.29 is 9.53 Å². The molecular formula is C16H23N3O2. The van der Waals surface area contributed by atoms with Crippen LogP contribution in [0.5, 0.6) is 0 Å². The Hall–Kier alpha value is -1.90. The number of amides is 1. The molecular weight excluding hydrogens is 266 g/mol. The number of nitrogens with one attached hydrogen (secondary N) is 1. The molecule has 1 amide bonds. The molecule has 3 N–H and O–H groups in total. The van der Waals surface area contributed by atoms with Crippen molar-refractivity contribution in [3.63, 3.8) is 0 Å². The van der Waals surface area contributed by atoms with Gasteiger partial charge in [-0.2, -0.15) is 0 Å². The fraction of sp³-hybridized carbons (Fsp3) is 0.500.